The minimum absolute atomic E-state index is 0.0137. The second kappa shape index (κ2) is 13.0. The largest absolute Gasteiger partial charge is 0.336 e. The van der Waals surface area contributed by atoms with Gasteiger partial charge in [-0.1, -0.05) is 6.07 Å². The van der Waals surface area contributed by atoms with Gasteiger partial charge in [-0.15, -0.1) is 0 Å². The highest BCUT2D eigenvalue weighted by Crippen LogP contribution is 2.37. The van der Waals surface area contributed by atoms with Gasteiger partial charge in [0.05, 0.1) is 17.5 Å². The second-order valence-corrected chi connectivity index (χ2v) is 14.5. The summed E-state index contributed by atoms with van der Waals surface area (Å²) in [6.45, 7) is 11.0. The standard InChI is InChI=1S/C32H45FN6O3S/c1-6-39(21(3)4)32(40)28-16-24(33)10-13-26(28)27-17-30(35-31-29(27)18-34-37(31)5)23-14-15-38(20-23)19-22-8-11-25(12-9-22)36-43(41,42)7-2/h10,13,16-18,21-23,25,36H,6-9,11-12,14-15,19-20H2,1-5H3/t22?,23-,25?/m1/s1. The number of rotatable bonds is 10. The fraction of sp³-hybridized carbons (Fsp3) is 0.594. The molecule has 0 radical (unpaired) electrons. The highest BCUT2D eigenvalue weighted by Gasteiger charge is 2.31. The van der Waals surface area contributed by atoms with Crippen LogP contribution in [0.2, 0.25) is 0 Å². The van der Waals surface area contributed by atoms with Crippen molar-refractivity contribution < 1.29 is 17.6 Å². The Kier molecular flexibility index (Phi) is 9.53. The average Bonchev–Trinajstić information content (AvgIpc) is 3.60. The third-order valence-corrected chi connectivity index (χ3v) is 10.7. The zero-order valence-corrected chi connectivity index (χ0v) is 26.8. The van der Waals surface area contributed by atoms with Crippen LogP contribution in [0.5, 0.6) is 0 Å². The molecule has 0 unspecified atom stereocenters. The molecule has 1 saturated carbocycles. The molecule has 1 saturated heterocycles. The van der Waals surface area contributed by atoms with Gasteiger partial charge in [-0.05, 0) is 102 Å². The number of fused-ring (bicyclic) bond motifs is 1. The molecule has 1 aliphatic carbocycles. The monoisotopic (exact) mass is 612 g/mol. The Morgan fingerprint density at radius 3 is 2.53 bits per heavy atom. The van der Waals surface area contributed by atoms with E-state index in [0.29, 0.717) is 23.6 Å². The van der Waals surface area contributed by atoms with Crippen LogP contribution in [-0.2, 0) is 17.1 Å². The molecule has 0 spiro atoms. The van der Waals surface area contributed by atoms with Crippen molar-refractivity contribution in [3.05, 3.63) is 47.5 Å². The number of hydrogen-bond acceptors (Lipinski definition) is 6. The quantitative estimate of drug-likeness (QED) is 0.349. The van der Waals surface area contributed by atoms with E-state index < -0.39 is 15.8 Å². The maximum Gasteiger partial charge on any atom is 0.254 e. The van der Waals surface area contributed by atoms with Crippen LogP contribution < -0.4 is 4.72 Å². The van der Waals surface area contributed by atoms with Crippen molar-refractivity contribution in [2.45, 2.75) is 77.8 Å². The molecule has 1 atom stereocenters. The lowest BCUT2D eigenvalue weighted by molar-refractivity contribution is 0.0717. The summed E-state index contributed by atoms with van der Waals surface area (Å²) < 4.78 is 43.1. The molecule has 1 aromatic carbocycles. The molecule has 43 heavy (non-hydrogen) atoms. The fourth-order valence-corrected chi connectivity index (χ4v) is 7.71. The van der Waals surface area contributed by atoms with E-state index >= 15 is 0 Å². The third kappa shape index (κ3) is 6.94. The number of aryl methyl sites for hydroxylation is 1. The lowest BCUT2D eigenvalue weighted by Gasteiger charge is -2.31. The topological polar surface area (TPSA) is 100 Å². The first-order valence-electron chi connectivity index (χ1n) is 15.7. The predicted octanol–water partition coefficient (Wildman–Crippen LogP) is 4.93. The first kappa shape index (κ1) is 31.5. The number of amides is 1. The molecule has 0 bridgehead atoms. The molecule has 1 N–H and O–H groups in total. The lowest BCUT2D eigenvalue weighted by Crippen LogP contribution is -2.40. The van der Waals surface area contributed by atoms with E-state index in [4.69, 9.17) is 4.98 Å². The maximum absolute atomic E-state index is 14.5. The van der Waals surface area contributed by atoms with Crippen LogP contribution in [0.3, 0.4) is 0 Å². The predicted molar refractivity (Wildman–Crippen MR) is 168 cm³/mol. The Morgan fingerprint density at radius 2 is 1.86 bits per heavy atom. The van der Waals surface area contributed by atoms with E-state index in [-0.39, 0.29) is 29.7 Å². The van der Waals surface area contributed by atoms with Crippen LogP contribution in [-0.4, -0.2) is 82.9 Å². The Labute approximate surface area is 254 Å². The lowest BCUT2D eigenvalue weighted by atomic mass is 9.86. The average molecular weight is 613 g/mol. The molecule has 2 aromatic heterocycles. The highest BCUT2D eigenvalue weighted by atomic mass is 32.2. The summed E-state index contributed by atoms with van der Waals surface area (Å²) in [7, 11) is -1.30. The molecule has 234 valence electrons. The summed E-state index contributed by atoms with van der Waals surface area (Å²) in [5.41, 5.74) is 3.60. The van der Waals surface area contributed by atoms with Gasteiger partial charge in [-0.2, -0.15) is 5.10 Å². The van der Waals surface area contributed by atoms with Crippen LogP contribution in [0.4, 0.5) is 4.39 Å². The zero-order valence-electron chi connectivity index (χ0n) is 26.0. The zero-order chi connectivity index (χ0) is 30.9. The molecule has 5 rings (SSSR count). The number of halogens is 1. The van der Waals surface area contributed by atoms with Gasteiger partial charge in [-0.25, -0.2) is 22.5 Å². The molecule has 3 aromatic rings. The van der Waals surface area contributed by atoms with Crippen LogP contribution in [0.1, 0.15) is 81.8 Å². The SMILES string of the molecule is CCN(C(=O)c1cc(F)ccc1-c1cc([C@@H]2CCN(CC3CCC(NS(=O)(=O)CC)CC3)C2)nc2c1cnn2C)C(C)C. The van der Waals surface area contributed by atoms with Crippen LogP contribution in [0.25, 0.3) is 22.2 Å². The molecule has 11 heteroatoms. The van der Waals surface area contributed by atoms with Gasteiger partial charge in [-0.3, -0.25) is 9.48 Å². The Hall–Kier alpha value is -2.89. The summed E-state index contributed by atoms with van der Waals surface area (Å²) in [5, 5.41) is 5.32. The van der Waals surface area contributed by atoms with Crippen LogP contribution >= 0.6 is 0 Å². The summed E-state index contributed by atoms with van der Waals surface area (Å²) in [6.07, 6.45) is 6.56. The van der Waals surface area contributed by atoms with Crippen molar-refractivity contribution >= 4 is 27.0 Å². The molecule has 2 aliphatic rings. The smallest absolute Gasteiger partial charge is 0.254 e. The van der Waals surface area contributed by atoms with Gasteiger partial charge in [0.25, 0.3) is 5.91 Å². The second-order valence-electron chi connectivity index (χ2n) is 12.5. The Morgan fingerprint density at radius 1 is 1.12 bits per heavy atom. The Balaban J connectivity index is 1.37. The Bertz CT molecular complexity index is 1560. The van der Waals surface area contributed by atoms with Crippen molar-refractivity contribution in [3.8, 4) is 11.1 Å². The number of carbonyl (C=O) groups is 1. The molecule has 1 aliphatic heterocycles. The molecule has 2 fully saturated rings. The molecule has 3 heterocycles. The van der Waals surface area contributed by atoms with E-state index in [1.807, 2.05) is 27.8 Å². The van der Waals surface area contributed by atoms with E-state index in [1.165, 1.54) is 12.1 Å². The van der Waals surface area contributed by atoms with Crippen molar-refractivity contribution in [3.63, 3.8) is 0 Å². The number of nitrogens with zero attached hydrogens (tertiary/aromatic N) is 5. The van der Waals surface area contributed by atoms with Gasteiger partial charge >= 0.3 is 0 Å². The minimum atomic E-state index is -3.17. The first-order valence-corrected chi connectivity index (χ1v) is 17.3. The van der Waals surface area contributed by atoms with Crippen LogP contribution in [0, 0.1) is 11.7 Å². The van der Waals surface area contributed by atoms with Crippen molar-refractivity contribution in [2.24, 2.45) is 13.0 Å². The highest BCUT2D eigenvalue weighted by molar-refractivity contribution is 7.89. The third-order valence-electron chi connectivity index (χ3n) is 9.23. The first-order chi connectivity index (χ1) is 20.5. The number of benzene rings is 1. The van der Waals surface area contributed by atoms with Crippen molar-refractivity contribution in [1.82, 2.24) is 29.3 Å². The molecule has 1 amide bonds. The van der Waals surface area contributed by atoms with Gasteiger partial charge in [0.2, 0.25) is 10.0 Å². The van der Waals surface area contributed by atoms with E-state index in [1.54, 1.807) is 28.8 Å². The number of sulfonamides is 1. The van der Waals surface area contributed by atoms with E-state index in [9.17, 15) is 17.6 Å². The van der Waals surface area contributed by atoms with Crippen molar-refractivity contribution in [2.75, 3.05) is 31.9 Å². The number of likely N-dealkylation sites (tertiary alicyclic amines) is 1. The number of pyridine rings is 1. The van der Waals surface area contributed by atoms with Gasteiger partial charge in [0, 0.05) is 55.8 Å². The number of nitrogens with one attached hydrogen (secondary N) is 1. The van der Waals surface area contributed by atoms with E-state index in [0.717, 1.165) is 74.0 Å². The summed E-state index contributed by atoms with van der Waals surface area (Å²) >= 11 is 0. The molecular formula is C32H45FN6O3S. The van der Waals surface area contributed by atoms with Gasteiger partial charge < -0.3 is 9.80 Å². The molecular weight excluding hydrogens is 567 g/mol. The summed E-state index contributed by atoms with van der Waals surface area (Å²) in [5.74, 6) is 0.280. The summed E-state index contributed by atoms with van der Waals surface area (Å²) in [6, 6.07) is 6.59. The van der Waals surface area contributed by atoms with Gasteiger partial charge in [0.15, 0.2) is 5.65 Å². The number of hydrogen-bond donors (Lipinski definition) is 1. The number of aromatic nitrogens is 3. The normalized spacial score (nSPS) is 21.6. The summed E-state index contributed by atoms with van der Waals surface area (Å²) in [4.78, 5) is 23.0. The molecule has 9 nitrogen and oxygen atoms in total. The maximum atomic E-state index is 14.5. The van der Waals surface area contributed by atoms with Crippen LogP contribution in [0.15, 0.2) is 30.5 Å². The minimum Gasteiger partial charge on any atom is -0.336 e. The van der Waals surface area contributed by atoms with Crippen molar-refractivity contribution in [1.29, 1.82) is 0 Å². The number of carbonyl (C=O) groups excluding carboxylic acids is 1. The van der Waals surface area contributed by atoms with Gasteiger partial charge in [0.1, 0.15) is 5.82 Å². The van der Waals surface area contributed by atoms with E-state index in [2.05, 4.69) is 20.8 Å². The fourth-order valence-electron chi connectivity index (χ4n) is 6.80.